The van der Waals surface area contributed by atoms with E-state index >= 15 is 0 Å². The number of hydrogen-bond donors (Lipinski definition) is 1. The minimum Gasteiger partial charge on any atom is -0.349 e. The monoisotopic (exact) mass is 402 g/mol. The molecule has 154 valence electrons. The van der Waals surface area contributed by atoms with Gasteiger partial charge in [-0.15, -0.1) is 0 Å². The summed E-state index contributed by atoms with van der Waals surface area (Å²) < 4.78 is 1.93. The van der Waals surface area contributed by atoms with Gasteiger partial charge in [0.2, 0.25) is 11.8 Å². The van der Waals surface area contributed by atoms with Gasteiger partial charge in [0.1, 0.15) is 0 Å². The van der Waals surface area contributed by atoms with Gasteiger partial charge in [0.25, 0.3) is 0 Å². The third-order valence-corrected chi connectivity index (χ3v) is 5.71. The zero-order valence-electron chi connectivity index (χ0n) is 17.3. The van der Waals surface area contributed by atoms with Crippen LogP contribution < -0.4 is 10.2 Å². The molecule has 2 unspecified atom stereocenters. The second-order valence-electron chi connectivity index (χ2n) is 7.72. The Morgan fingerprint density at radius 3 is 2.47 bits per heavy atom. The third-order valence-electron chi connectivity index (χ3n) is 5.71. The highest BCUT2D eigenvalue weighted by Crippen LogP contribution is 2.26. The molecule has 6 heteroatoms. The number of aromatic nitrogens is 2. The molecule has 1 fully saturated rings. The first-order valence-corrected chi connectivity index (χ1v) is 10.3. The van der Waals surface area contributed by atoms with E-state index in [1.807, 2.05) is 66.2 Å². The number of nitrogens with one attached hydrogen (secondary N) is 1. The number of aryl methyl sites for hydroxylation is 1. The normalized spacial score (nSPS) is 17.2. The van der Waals surface area contributed by atoms with Crippen LogP contribution in [0.4, 0.5) is 5.69 Å². The maximum Gasteiger partial charge on any atom is 0.227 e. The minimum atomic E-state index is -0.337. The highest BCUT2D eigenvalue weighted by Gasteiger charge is 2.35. The molecule has 1 saturated heterocycles. The smallest absolute Gasteiger partial charge is 0.227 e. The largest absolute Gasteiger partial charge is 0.349 e. The summed E-state index contributed by atoms with van der Waals surface area (Å²) in [5, 5.41) is 3.07. The van der Waals surface area contributed by atoms with Crippen LogP contribution in [-0.4, -0.2) is 27.9 Å². The van der Waals surface area contributed by atoms with Crippen LogP contribution in [0.5, 0.6) is 0 Å². The van der Waals surface area contributed by atoms with Crippen LogP contribution in [-0.2, 0) is 16.0 Å². The molecule has 4 rings (SSSR count). The fourth-order valence-electron chi connectivity index (χ4n) is 3.81. The minimum absolute atomic E-state index is 0.00302. The molecule has 0 aliphatic carbocycles. The zero-order chi connectivity index (χ0) is 21.1. The number of nitrogens with zero attached hydrogens (tertiary/aromatic N) is 3. The van der Waals surface area contributed by atoms with Crippen LogP contribution in [0.2, 0.25) is 0 Å². The highest BCUT2D eigenvalue weighted by molar-refractivity contribution is 6.00. The third kappa shape index (κ3) is 4.13. The molecule has 0 radical (unpaired) electrons. The van der Waals surface area contributed by atoms with Crippen LogP contribution in [0.1, 0.15) is 37.4 Å². The second-order valence-corrected chi connectivity index (χ2v) is 7.72. The van der Waals surface area contributed by atoms with Gasteiger partial charge in [0.05, 0.1) is 18.3 Å². The maximum absolute atomic E-state index is 12.8. The Bertz CT molecular complexity index is 1010. The summed E-state index contributed by atoms with van der Waals surface area (Å²) in [6.07, 6.45) is 6.58. The summed E-state index contributed by atoms with van der Waals surface area (Å²) >= 11 is 0. The summed E-state index contributed by atoms with van der Waals surface area (Å²) in [5.74, 6) is -0.421. The number of carbonyl (C=O) groups excluding carboxylic acids is 2. The number of carbonyl (C=O) groups is 2. The van der Waals surface area contributed by atoms with Gasteiger partial charge >= 0.3 is 0 Å². The van der Waals surface area contributed by atoms with Gasteiger partial charge in [0.15, 0.2) is 0 Å². The van der Waals surface area contributed by atoms with Gasteiger partial charge < -0.3 is 14.8 Å². The molecule has 1 aromatic heterocycles. The van der Waals surface area contributed by atoms with Crippen molar-refractivity contribution in [1.82, 2.24) is 14.9 Å². The Balaban J connectivity index is 1.38. The predicted molar refractivity (Wildman–Crippen MR) is 116 cm³/mol. The number of hydrogen-bond acceptors (Lipinski definition) is 3. The molecule has 0 bridgehead atoms. The Morgan fingerprint density at radius 1 is 1.13 bits per heavy atom. The molecule has 2 atom stereocenters. The standard InChI is InChI=1S/C24H26N4O2/c1-3-18-4-8-22(9-5-18)28-15-20(14-23(28)29)24(30)26-17(2)19-6-10-21(11-7-19)27-13-12-25-16-27/h4-13,16-17,20H,3,14-15H2,1-2H3,(H,26,30). The summed E-state index contributed by atoms with van der Waals surface area (Å²) in [6.45, 7) is 4.48. The van der Waals surface area contributed by atoms with E-state index in [0.717, 1.165) is 23.4 Å². The van der Waals surface area contributed by atoms with E-state index in [-0.39, 0.29) is 30.2 Å². The second kappa shape index (κ2) is 8.53. The van der Waals surface area contributed by atoms with Crippen molar-refractivity contribution in [3.05, 3.63) is 78.4 Å². The van der Waals surface area contributed by atoms with E-state index in [1.54, 1.807) is 17.4 Å². The first-order valence-electron chi connectivity index (χ1n) is 10.3. The molecular formula is C24H26N4O2. The van der Waals surface area contributed by atoms with Crippen LogP contribution in [0.25, 0.3) is 5.69 Å². The van der Waals surface area contributed by atoms with E-state index in [2.05, 4.69) is 17.2 Å². The molecule has 1 N–H and O–H groups in total. The molecule has 1 aliphatic rings. The van der Waals surface area contributed by atoms with Gasteiger partial charge in [-0.05, 0) is 48.7 Å². The number of anilines is 1. The molecule has 6 nitrogen and oxygen atoms in total. The number of imidazole rings is 1. The van der Waals surface area contributed by atoms with E-state index in [1.165, 1.54) is 5.56 Å². The van der Waals surface area contributed by atoms with Crippen molar-refractivity contribution in [2.75, 3.05) is 11.4 Å². The fraction of sp³-hybridized carbons (Fsp3) is 0.292. The van der Waals surface area contributed by atoms with Crippen LogP contribution in [0, 0.1) is 5.92 Å². The Labute approximate surface area is 176 Å². The Morgan fingerprint density at radius 2 is 1.83 bits per heavy atom. The van der Waals surface area contributed by atoms with Crippen molar-refractivity contribution in [3.63, 3.8) is 0 Å². The average Bonchev–Trinajstić information content (AvgIpc) is 3.44. The molecule has 2 aromatic carbocycles. The Hall–Kier alpha value is -3.41. The first kappa shape index (κ1) is 19.9. The van der Waals surface area contributed by atoms with Crippen molar-refractivity contribution < 1.29 is 9.59 Å². The van der Waals surface area contributed by atoms with Crippen LogP contribution in [0.15, 0.2) is 67.3 Å². The lowest BCUT2D eigenvalue weighted by Gasteiger charge is -2.19. The predicted octanol–water partition coefficient (Wildman–Crippen LogP) is 3.67. The van der Waals surface area contributed by atoms with E-state index in [0.29, 0.717) is 6.54 Å². The van der Waals surface area contributed by atoms with E-state index < -0.39 is 0 Å². The van der Waals surface area contributed by atoms with Gasteiger partial charge in [-0.2, -0.15) is 0 Å². The maximum atomic E-state index is 12.8. The van der Waals surface area contributed by atoms with Crippen LogP contribution in [0.3, 0.4) is 0 Å². The molecule has 30 heavy (non-hydrogen) atoms. The summed E-state index contributed by atoms with van der Waals surface area (Å²) in [7, 11) is 0. The number of amides is 2. The molecular weight excluding hydrogens is 376 g/mol. The molecule has 0 spiro atoms. The zero-order valence-corrected chi connectivity index (χ0v) is 17.3. The van der Waals surface area contributed by atoms with Crippen molar-refractivity contribution in [2.45, 2.75) is 32.7 Å². The van der Waals surface area contributed by atoms with Crippen molar-refractivity contribution in [1.29, 1.82) is 0 Å². The molecule has 2 heterocycles. The highest BCUT2D eigenvalue weighted by atomic mass is 16.2. The topological polar surface area (TPSA) is 67.2 Å². The molecule has 0 saturated carbocycles. The van der Waals surface area contributed by atoms with E-state index in [9.17, 15) is 9.59 Å². The lowest BCUT2D eigenvalue weighted by Crippen LogP contribution is -2.34. The SMILES string of the molecule is CCc1ccc(N2CC(C(=O)NC(C)c3ccc(-n4ccnc4)cc3)CC2=O)cc1. The quantitative estimate of drug-likeness (QED) is 0.684. The summed E-state index contributed by atoms with van der Waals surface area (Å²) in [5.41, 5.74) is 4.12. The van der Waals surface area contributed by atoms with Gasteiger partial charge in [0, 0.05) is 36.7 Å². The van der Waals surface area contributed by atoms with Crippen molar-refractivity contribution in [2.24, 2.45) is 5.92 Å². The van der Waals surface area contributed by atoms with Crippen molar-refractivity contribution >= 4 is 17.5 Å². The first-order chi connectivity index (χ1) is 14.5. The van der Waals surface area contributed by atoms with E-state index in [4.69, 9.17) is 0 Å². The number of benzene rings is 2. The van der Waals surface area contributed by atoms with Gasteiger partial charge in [-0.1, -0.05) is 31.2 Å². The molecule has 1 aliphatic heterocycles. The molecule has 3 aromatic rings. The van der Waals surface area contributed by atoms with Gasteiger partial charge in [-0.25, -0.2) is 4.98 Å². The lowest BCUT2D eigenvalue weighted by molar-refractivity contribution is -0.126. The summed E-state index contributed by atoms with van der Waals surface area (Å²) in [6, 6.07) is 15.9. The van der Waals surface area contributed by atoms with Gasteiger partial charge in [-0.3, -0.25) is 9.59 Å². The fourth-order valence-corrected chi connectivity index (χ4v) is 3.81. The lowest BCUT2D eigenvalue weighted by atomic mass is 10.0. The van der Waals surface area contributed by atoms with Crippen molar-refractivity contribution in [3.8, 4) is 5.69 Å². The summed E-state index contributed by atoms with van der Waals surface area (Å²) in [4.78, 5) is 31.1. The Kier molecular flexibility index (Phi) is 5.65. The average molecular weight is 402 g/mol. The number of rotatable bonds is 6. The van der Waals surface area contributed by atoms with Crippen LogP contribution >= 0.6 is 0 Å². The molecule has 2 amide bonds.